The van der Waals surface area contributed by atoms with Crippen LogP contribution in [0, 0.1) is 5.92 Å². The number of ether oxygens (including phenoxy) is 4. The Kier molecular flexibility index (Phi) is 10.5. The van der Waals surface area contributed by atoms with E-state index >= 15 is 0 Å². The molecule has 0 unspecified atom stereocenters. The van der Waals surface area contributed by atoms with Gasteiger partial charge in [0.25, 0.3) is 10.0 Å². The van der Waals surface area contributed by atoms with Crippen molar-refractivity contribution < 1.29 is 32.2 Å². The molecule has 1 aliphatic rings. The van der Waals surface area contributed by atoms with E-state index in [9.17, 15) is 13.2 Å². The molecule has 2 aromatic carbocycles. The number of methoxy groups -OCH3 is 4. The van der Waals surface area contributed by atoms with E-state index in [0.29, 0.717) is 18.0 Å². The quantitative estimate of drug-likeness (QED) is 0.380. The summed E-state index contributed by atoms with van der Waals surface area (Å²) < 4.78 is 50.2. The summed E-state index contributed by atoms with van der Waals surface area (Å²) in [5, 5.41) is 2.87. The van der Waals surface area contributed by atoms with Crippen molar-refractivity contribution in [1.29, 1.82) is 0 Å². The summed E-state index contributed by atoms with van der Waals surface area (Å²) in [5.74, 6) is 1.68. The van der Waals surface area contributed by atoms with Crippen LogP contribution in [-0.2, 0) is 14.8 Å². The van der Waals surface area contributed by atoms with Crippen LogP contribution in [0.2, 0.25) is 0 Å². The maximum absolute atomic E-state index is 13.9. The van der Waals surface area contributed by atoms with Crippen molar-refractivity contribution in [2.75, 3.05) is 65.5 Å². The maximum atomic E-state index is 13.9. The van der Waals surface area contributed by atoms with Crippen molar-refractivity contribution in [2.24, 2.45) is 5.92 Å². The Balaban J connectivity index is 1.83. The summed E-state index contributed by atoms with van der Waals surface area (Å²) >= 11 is 0. The summed E-state index contributed by atoms with van der Waals surface area (Å²) in [5.41, 5.74) is 0.180. The first-order chi connectivity index (χ1) is 18.2. The molecule has 10 nitrogen and oxygen atoms in total. The highest BCUT2D eigenvalue weighted by Crippen LogP contribution is 2.37. The third-order valence-electron chi connectivity index (χ3n) is 6.73. The Morgan fingerprint density at radius 1 is 0.947 bits per heavy atom. The van der Waals surface area contributed by atoms with E-state index in [-0.39, 0.29) is 22.1 Å². The van der Waals surface area contributed by atoms with E-state index in [4.69, 9.17) is 18.9 Å². The maximum Gasteiger partial charge on any atom is 0.265 e. The molecule has 0 saturated carbocycles. The molecular weight excluding hydrogens is 510 g/mol. The standard InChI is InChI=1S/C27H39N3O7S/c1-20-11-15-29(16-12-20)14-6-13-28-27(31)19-30(23-17-21(34-2)7-9-24(23)35-3)38(32,33)22-8-10-25(36-4)26(18-22)37-5/h7-10,17-18,20H,6,11-16,19H2,1-5H3,(H,28,31). The Morgan fingerprint density at radius 3 is 2.24 bits per heavy atom. The first-order valence-electron chi connectivity index (χ1n) is 12.7. The van der Waals surface area contributed by atoms with E-state index in [2.05, 4.69) is 17.1 Å². The van der Waals surface area contributed by atoms with E-state index in [1.54, 1.807) is 12.1 Å². The number of carbonyl (C=O) groups excluding carboxylic acids is 1. The predicted octanol–water partition coefficient (Wildman–Crippen LogP) is 3.15. The van der Waals surface area contributed by atoms with Gasteiger partial charge in [-0.1, -0.05) is 6.92 Å². The van der Waals surface area contributed by atoms with Gasteiger partial charge in [0.15, 0.2) is 11.5 Å². The highest BCUT2D eigenvalue weighted by molar-refractivity contribution is 7.92. The number of likely N-dealkylation sites (tertiary alicyclic amines) is 1. The molecular formula is C27H39N3O7S. The fourth-order valence-corrected chi connectivity index (χ4v) is 5.84. The van der Waals surface area contributed by atoms with Crippen molar-refractivity contribution in [1.82, 2.24) is 10.2 Å². The second kappa shape index (κ2) is 13.6. The molecule has 1 N–H and O–H groups in total. The van der Waals surface area contributed by atoms with Gasteiger partial charge in [0.2, 0.25) is 5.91 Å². The van der Waals surface area contributed by atoms with Crippen LogP contribution in [0.1, 0.15) is 26.2 Å². The van der Waals surface area contributed by atoms with Crippen LogP contribution < -0.4 is 28.6 Å². The van der Waals surface area contributed by atoms with Gasteiger partial charge in [-0.3, -0.25) is 9.10 Å². The number of rotatable bonds is 13. The lowest BCUT2D eigenvalue weighted by Crippen LogP contribution is -2.42. The minimum atomic E-state index is -4.22. The second-order valence-electron chi connectivity index (χ2n) is 9.29. The minimum Gasteiger partial charge on any atom is -0.497 e. The molecule has 2 aromatic rings. The lowest BCUT2D eigenvalue weighted by atomic mass is 9.99. The fourth-order valence-electron chi connectivity index (χ4n) is 4.40. The molecule has 1 aliphatic heterocycles. The van der Waals surface area contributed by atoms with Crippen molar-refractivity contribution in [3.05, 3.63) is 36.4 Å². The van der Waals surface area contributed by atoms with Crippen LogP contribution in [0.4, 0.5) is 5.69 Å². The van der Waals surface area contributed by atoms with E-state index in [0.717, 1.165) is 36.3 Å². The zero-order valence-corrected chi connectivity index (χ0v) is 23.7. The van der Waals surface area contributed by atoms with Crippen molar-refractivity contribution in [3.63, 3.8) is 0 Å². The Labute approximate surface area is 225 Å². The number of sulfonamides is 1. The molecule has 210 valence electrons. The topological polar surface area (TPSA) is 107 Å². The van der Waals surface area contributed by atoms with Crippen LogP contribution >= 0.6 is 0 Å². The molecule has 11 heteroatoms. The normalized spacial score (nSPS) is 14.6. The molecule has 0 bridgehead atoms. The van der Waals surface area contributed by atoms with Crippen molar-refractivity contribution in [2.45, 2.75) is 31.1 Å². The molecule has 0 atom stereocenters. The number of nitrogens with one attached hydrogen (secondary N) is 1. The number of carbonyl (C=O) groups is 1. The molecule has 0 aromatic heterocycles. The van der Waals surface area contributed by atoms with Gasteiger partial charge in [0.05, 0.1) is 39.0 Å². The molecule has 1 heterocycles. The molecule has 38 heavy (non-hydrogen) atoms. The van der Waals surface area contributed by atoms with Crippen LogP contribution in [0.5, 0.6) is 23.0 Å². The number of benzene rings is 2. The number of hydrogen-bond donors (Lipinski definition) is 1. The third kappa shape index (κ3) is 7.22. The number of nitrogens with zero attached hydrogens (tertiary/aromatic N) is 2. The number of anilines is 1. The van der Waals surface area contributed by atoms with Gasteiger partial charge in [0, 0.05) is 18.7 Å². The van der Waals surface area contributed by atoms with Crippen molar-refractivity contribution >= 4 is 21.6 Å². The zero-order chi connectivity index (χ0) is 27.7. The van der Waals surface area contributed by atoms with E-state index in [1.807, 2.05) is 0 Å². The molecule has 0 radical (unpaired) electrons. The molecule has 0 aliphatic carbocycles. The number of piperidine rings is 1. The summed E-state index contributed by atoms with van der Waals surface area (Å²) in [6, 6.07) is 9.07. The highest BCUT2D eigenvalue weighted by Gasteiger charge is 2.31. The van der Waals surface area contributed by atoms with Crippen LogP contribution in [-0.4, -0.2) is 80.4 Å². The van der Waals surface area contributed by atoms with Crippen molar-refractivity contribution in [3.8, 4) is 23.0 Å². The van der Waals surface area contributed by atoms with Gasteiger partial charge < -0.3 is 29.2 Å². The lowest BCUT2D eigenvalue weighted by molar-refractivity contribution is -0.119. The van der Waals surface area contributed by atoms with E-state index < -0.39 is 22.5 Å². The smallest absolute Gasteiger partial charge is 0.265 e. The van der Waals surface area contributed by atoms with Gasteiger partial charge in [-0.25, -0.2) is 8.42 Å². The van der Waals surface area contributed by atoms with Gasteiger partial charge in [0.1, 0.15) is 18.0 Å². The number of hydrogen-bond acceptors (Lipinski definition) is 8. The fraction of sp³-hybridized carbons (Fsp3) is 0.519. The average molecular weight is 550 g/mol. The van der Waals surface area contributed by atoms with Crippen LogP contribution in [0.3, 0.4) is 0 Å². The van der Waals surface area contributed by atoms with Crippen LogP contribution in [0.25, 0.3) is 0 Å². The lowest BCUT2D eigenvalue weighted by Gasteiger charge is -2.30. The van der Waals surface area contributed by atoms with Crippen LogP contribution in [0.15, 0.2) is 41.3 Å². The highest BCUT2D eigenvalue weighted by atomic mass is 32.2. The van der Waals surface area contributed by atoms with Gasteiger partial charge >= 0.3 is 0 Å². The summed E-state index contributed by atoms with van der Waals surface area (Å²) in [6.45, 7) is 5.32. The second-order valence-corrected chi connectivity index (χ2v) is 11.2. The molecule has 3 rings (SSSR count). The largest absolute Gasteiger partial charge is 0.497 e. The monoisotopic (exact) mass is 549 g/mol. The summed E-state index contributed by atoms with van der Waals surface area (Å²) in [7, 11) is 1.59. The van der Waals surface area contributed by atoms with Gasteiger partial charge in [-0.15, -0.1) is 0 Å². The number of amides is 1. The third-order valence-corrected chi connectivity index (χ3v) is 8.49. The first kappa shape index (κ1) is 29.4. The summed E-state index contributed by atoms with van der Waals surface area (Å²) in [4.78, 5) is 15.4. The molecule has 1 fully saturated rings. The van der Waals surface area contributed by atoms with E-state index in [1.165, 1.54) is 65.5 Å². The Morgan fingerprint density at radius 2 is 1.61 bits per heavy atom. The van der Waals surface area contributed by atoms with Gasteiger partial charge in [-0.05, 0) is 69.1 Å². The summed E-state index contributed by atoms with van der Waals surface area (Å²) in [6.07, 6.45) is 3.17. The SMILES string of the molecule is COc1ccc(OC)c(N(CC(=O)NCCCN2CCC(C)CC2)S(=O)(=O)c2ccc(OC)c(OC)c2)c1. The Bertz CT molecular complexity index is 1180. The Hall–Kier alpha value is -3.18. The molecule has 1 saturated heterocycles. The average Bonchev–Trinajstić information content (AvgIpc) is 2.94. The minimum absolute atomic E-state index is 0.0628. The van der Waals surface area contributed by atoms with Gasteiger partial charge in [-0.2, -0.15) is 0 Å². The molecule has 1 amide bonds. The molecule has 0 spiro atoms. The zero-order valence-electron chi connectivity index (χ0n) is 22.9. The first-order valence-corrected chi connectivity index (χ1v) is 14.1. The predicted molar refractivity (Wildman–Crippen MR) is 146 cm³/mol.